The zero-order chi connectivity index (χ0) is 24.1. The monoisotopic (exact) mass is 536 g/mol. The standard InChI is InChI=1S/C26H21BrN2O4S/c1-2-29-24(30)23(34-26(29)28-21-8-5-7-19(14-21)25(31)32)15-18-6-3-4-9-22(18)33-16-17-10-12-20(27)13-11-17/h3-15H,2,16H2,1H3,(H,31,32)/b23-15-,28-26?. The van der Waals surface area contributed by atoms with Crippen molar-refractivity contribution in [2.45, 2.75) is 13.5 Å². The molecule has 1 heterocycles. The van der Waals surface area contributed by atoms with Crippen molar-refractivity contribution < 1.29 is 19.4 Å². The molecular formula is C26H21BrN2O4S. The van der Waals surface area contributed by atoms with E-state index in [0.717, 1.165) is 15.6 Å². The average Bonchev–Trinajstić information content (AvgIpc) is 3.13. The van der Waals surface area contributed by atoms with Crippen molar-refractivity contribution in [3.05, 3.63) is 98.9 Å². The number of likely N-dealkylation sites (N-methyl/N-ethyl adjacent to an activating group) is 1. The van der Waals surface area contributed by atoms with Crippen molar-refractivity contribution in [1.82, 2.24) is 4.90 Å². The minimum Gasteiger partial charge on any atom is -0.488 e. The van der Waals surface area contributed by atoms with Gasteiger partial charge in [0, 0.05) is 16.6 Å². The van der Waals surface area contributed by atoms with Gasteiger partial charge in [-0.3, -0.25) is 9.69 Å². The number of nitrogens with zero attached hydrogens (tertiary/aromatic N) is 2. The number of hydrogen-bond acceptors (Lipinski definition) is 5. The second kappa shape index (κ2) is 10.7. The van der Waals surface area contributed by atoms with E-state index < -0.39 is 5.97 Å². The van der Waals surface area contributed by atoms with E-state index in [1.54, 1.807) is 17.0 Å². The van der Waals surface area contributed by atoms with Gasteiger partial charge in [0.1, 0.15) is 12.4 Å². The first-order valence-corrected chi connectivity index (χ1v) is 12.2. The van der Waals surface area contributed by atoms with E-state index in [1.807, 2.05) is 61.5 Å². The first-order chi connectivity index (χ1) is 16.4. The lowest BCUT2D eigenvalue weighted by atomic mass is 10.1. The molecule has 3 aromatic rings. The molecule has 1 saturated heterocycles. The van der Waals surface area contributed by atoms with Crippen LogP contribution in [0.2, 0.25) is 0 Å². The summed E-state index contributed by atoms with van der Waals surface area (Å²) in [5.74, 6) is -0.498. The number of benzene rings is 3. The number of para-hydroxylation sites is 1. The third-order valence-corrected chi connectivity index (χ3v) is 6.57. The Labute approximate surface area is 210 Å². The summed E-state index contributed by atoms with van der Waals surface area (Å²) in [6.07, 6.45) is 1.81. The molecule has 4 rings (SSSR count). The van der Waals surface area contributed by atoms with Gasteiger partial charge in [-0.05, 0) is 66.7 Å². The van der Waals surface area contributed by atoms with Crippen LogP contribution in [0.25, 0.3) is 6.08 Å². The van der Waals surface area contributed by atoms with Crippen molar-refractivity contribution >= 4 is 56.5 Å². The van der Waals surface area contributed by atoms with Crippen LogP contribution in [0.4, 0.5) is 5.69 Å². The lowest BCUT2D eigenvalue weighted by molar-refractivity contribution is -0.122. The van der Waals surface area contributed by atoms with Crippen molar-refractivity contribution in [1.29, 1.82) is 0 Å². The Morgan fingerprint density at radius 2 is 1.88 bits per heavy atom. The van der Waals surface area contributed by atoms with Crippen molar-refractivity contribution in [2.24, 2.45) is 4.99 Å². The van der Waals surface area contributed by atoms with Gasteiger partial charge in [-0.1, -0.05) is 52.3 Å². The number of ether oxygens (including phenoxy) is 1. The summed E-state index contributed by atoms with van der Waals surface area (Å²) in [7, 11) is 0. The molecule has 0 unspecified atom stereocenters. The summed E-state index contributed by atoms with van der Waals surface area (Å²) in [5, 5.41) is 9.74. The highest BCUT2D eigenvalue weighted by atomic mass is 79.9. The fraction of sp³-hybridized carbons (Fsp3) is 0.115. The summed E-state index contributed by atoms with van der Waals surface area (Å²) in [6, 6.07) is 21.8. The minimum absolute atomic E-state index is 0.145. The maximum atomic E-state index is 13.1. The molecule has 34 heavy (non-hydrogen) atoms. The van der Waals surface area contributed by atoms with Crippen LogP contribution in [0.1, 0.15) is 28.4 Å². The predicted molar refractivity (Wildman–Crippen MR) is 138 cm³/mol. The number of carbonyl (C=O) groups excluding carboxylic acids is 1. The molecule has 6 nitrogen and oxygen atoms in total. The molecule has 3 aromatic carbocycles. The van der Waals surface area contributed by atoms with Gasteiger partial charge in [-0.2, -0.15) is 0 Å². The molecule has 0 aliphatic carbocycles. The molecule has 0 saturated carbocycles. The summed E-state index contributed by atoms with van der Waals surface area (Å²) < 4.78 is 7.05. The first-order valence-electron chi connectivity index (χ1n) is 10.5. The maximum absolute atomic E-state index is 13.1. The molecule has 1 aliphatic heterocycles. The van der Waals surface area contributed by atoms with Gasteiger partial charge in [0.15, 0.2) is 5.17 Å². The van der Waals surface area contributed by atoms with Crippen molar-refractivity contribution in [2.75, 3.05) is 6.54 Å². The van der Waals surface area contributed by atoms with E-state index in [9.17, 15) is 14.7 Å². The molecule has 0 bridgehead atoms. The van der Waals surface area contributed by atoms with Gasteiger partial charge in [0.25, 0.3) is 5.91 Å². The van der Waals surface area contributed by atoms with E-state index in [-0.39, 0.29) is 11.5 Å². The fourth-order valence-electron chi connectivity index (χ4n) is 3.30. The summed E-state index contributed by atoms with van der Waals surface area (Å²) in [6.45, 7) is 2.73. The Bertz CT molecular complexity index is 1290. The maximum Gasteiger partial charge on any atom is 0.335 e. The molecule has 1 aliphatic rings. The zero-order valence-electron chi connectivity index (χ0n) is 18.3. The van der Waals surface area contributed by atoms with Crippen LogP contribution in [0, 0.1) is 0 Å². The molecule has 1 amide bonds. The van der Waals surface area contributed by atoms with Gasteiger partial charge in [-0.15, -0.1) is 0 Å². The number of halogens is 1. The number of carbonyl (C=O) groups is 2. The number of carboxylic acids is 1. The largest absolute Gasteiger partial charge is 0.488 e. The van der Waals surface area contributed by atoms with Crippen LogP contribution in [-0.2, 0) is 11.4 Å². The van der Waals surface area contributed by atoms with Gasteiger partial charge >= 0.3 is 5.97 Å². The first kappa shape index (κ1) is 23.8. The Morgan fingerprint density at radius 1 is 1.12 bits per heavy atom. The van der Waals surface area contributed by atoms with Crippen LogP contribution in [0.5, 0.6) is 5.75 Å². The molecule has 172 valence electrons. The number of amides is 1. The third kappa shape index (κ3) is 5.58. The smallest absolute Gasteiger partial charge is 0.335 e. The Kier molecular flexibility index (Phi) is 7.49. The van der Waals surface area contributed by atoms with E-state index in [1.165, 1.54) is 23.9 Å². The lowest BCUT2D eigenvalue weighted by Crippen LogP contribution is -2.28. The second-order valence-electron chi connectivity index (χ2n) is 7.36. The Hall–Kier alpha value is -3.36. The molecule has 0 spiro atoms. The van der Waals surface area contributed by atoms with E-state index >= 15 is 0 Å². The second-order valence-corrected chi connectivity index (χ2v) is 9.29. The highest BCUT2D eigenvalue weighted by Crippen LogP contribution is 2.35. The van der Waals surface area contributed by atoms with Gasteiger partial charge in [-0.25, -0.2) is 9.79 Å². The van der Waals surface area contributed by atoms with Crippen molar-refractivity contribution in [3.63, 3.8) is 0 Å². The highest BCUT2D eigenvalue weighted by molar-refractivity contribution is 9.10. The molecule has 1 N–H and O–H groups in total. The normalized spacial score (nSPS) is 15.8. The number of rotatable bonds is 7. The molecule has 0 radical (unpaired) electrons. The van der Waals surface area contributed by atoms with Crippen LogP contribution < -0.4 is 4.74 Å². The van der Waals surface area contributed by atoms with Crippen LogP contribution in [0.3, 0.4) is 0 Å². The fourth-order valence-corrected chi connectivity index (χ4v) is 4.62. The predicted octanol–water partition coefficient (Wildman–Crippen LogP) is 6.35. The molecule has 0 atom stereocenters. The molecule has 0 aromatic heterocycles. The Balaban J connectivity index is 1.58. The topological polar surface area (TPSA) is 79.2 Å². The number of aromatic carboxylic acids is 1. The molecule has 1 fully saturated rings. The third-order valence-electron chi connectivity index (χ3n) is 5.04. The number of hydrogen-bond donors (Lipinski definition) is 1. The van der Waals surface area contributed by atoms with E-state index in [4.69, 9.17) is 4.74 Å². The average molecular weight is 537 g/mol. The summed E-state index contributed by atoms with van der Waals surface area (Å²) in [4.78, 5) is 31.0. The summed E-state index contributed by atoms with van der Waals surface area (Å²) >= 11 is 4.69. The number of carboxylic acid groups (broad SMARTS) is 1. The van der Waals surface area contributed by atoms with Crippen LogP contribution in [-0.4, -0.2) is 33.6 Å². The Morgan fingerprint density at radius 3 is 2.62 bits per heavy atom. The van der Waals surface area contributed by atoms with Gasteiger partial charge < -0.3 is 9.84 Å². The molecular weight excluding hydrogens is 516 g/mol. The van der Waals surface area contributed by atoms with Crippen molar-refractivity contribution in [3.8, 4) is 5.75 Å². The minimum atomic E-state index is -1.02. The number of thioether (sulfide) groups is 1. The number of aliphatic imine (C=N–C) groups is 1. The van der Waals surface area contributed by atoms with Gasteiger partial charge in [0.2, 0.25) is 0 Å². The van der Waals surface area contributed by atoms with Crippen LogP contribution in [0.15, 0.2) is 87.2 Å². The van der Waals surface area contributed by atoms with Gasteiger partial charge in [0.05, 0.1) is 16.2 Å². The highest BCUT2D eigenvalue weighted by Gasteiger charge is 2.32. The number of amidine groups is 1. The summed E-state index contributed by atoms with van der Waals surface area (Å²) in [5.41, 5.74) is 2.45. The van der Waals surface area contributed by atoms with Crippen LogP contribution >= 0.6 is 27.7 Å². The van der Waals surface area contributed by atoms with E-state index in [0.29, 0.717) is 34.7 Å². The molecule has 8 heteroatoms. The SMILES string of the molecule is CCN1C(=O)/C(=C/c2ccccc2OCc2ccc(Br)cc2)SC1=Nc1cccc(C(=O)O)c1. The van der Waals surface area contributed by atoms with E-state index in [2.05, 4.69) is 20.9 Å². The zero-order valence-corrected chi connectivity index (χ0v) is 20.7. The quantitative estimate of drug-likeness (QED) is 0.356. The lowest BCUT2D eigenvalue weighted by Gasteiger charge is -2.12.